The van der Waals surface area contributed by atoms with Crippen molar-refractivity contribution in [3.63, 3.8) is 0 Å². The van der Waals surface area contributed by atoms with Gasteiger partial charge in [-0.3, -0.25) is 4.90 Å². The molecule has 4 nitrogen and oxygen atoms in total. The van der Waals surface area contributed by atoms with Crippen LogP contribution >= 0.6 is 0 Å². The summed E-state index contributed by atoms with van der Waals surface area (Å²) >= 11 is 0. The summed E-state index contributed by atoms with van der Waals surface area (Å²) in [6, 6.07) is 2.94. The topological polar surface area (TPSA) is 45.6 Å². The summed E-state index contributed by atoms with van der Waals surface area (Å²) in [6.45, 7) is 6.45. The number of piperidine rings is 1. The van der Waals surface area contributed by atoms with Crippen LogP contribution in [0, 0.1) is 0 Å². The van der Waals surface area contributed by atoms with Gasteiger partial charge in [-0.05, 0) is 45.6 Å². The highest BCUT2D eigenvalue weighted by molar-refractivity contribution is 5.12. The predicted octanol–water partition coefficient (Wildman–Crippen LogP) is 1.70. The normalized spacial score (nSPS) is 20.4. The average Bonchev–Trinajstić information content (AvgIpc) is 2.93. The first-order valence-corrected chi connectivity index (χ1v) is 6.92. The van der Waals surface area contributed by atoms with Gasteiger partial charge in [-0.15, -0.1) is 0 Å². The van der Waals surface area contributed by atoms with Crippen molar-refractivity contribution in [2.24, 2.45) is 5.73 Å². The van der Waals surface area contributed by atoms with Crippen molar-refractivity contribution in [2.45, 2.75) is 31.8 Å². The monoisotopic (exact) mass is 251 g/mol. The molecule has 1 aliphatic rings. The second-order valence-corrected chi connectivity index (χ2v) is 5.14. The molecule has 0 aromatic carbocycles. The zero-order chi connectivity index (χ0) is 13.0. The van der Waals surface area contributed by atoms with Gasteiger partial charge in [0.25, 0.3) is 0 Å². The average molecular weight is 251 g/mol. The quantitative estimate of drug-likeness (QED) is 0.865. The highest BCUT2D eigenvalue weighted by atomic mass is 16.3. The molecule has 102 valence electrons. The minimum absolute atomic E-state index is 0.280. The van der Waals surface area contributed by atoms with Crippen molar-refractivity contribution in [3.05, 3.63) is 24.2 Å². The molecule has 1 aliphatic heterocycles. The minimum atomic E-state index is 0.280. The number of hydrogen-bond acceptors (Lipinski definition) is 4. The van der Waals surface area contributed by atoms with Gasteiger partial charge in [0.2, 0.25) is 0 Å². The Kier molecular flexibility index (Phi) is 4.80. The van der Waals surface area contributed by atoms with Crippen molar-refractivity contribution in [1.82, 2.24) is 9.80 Å². The Labute approximate surface area is 110 Å². The molecule has 2 rings (SSSR count). The molecular weight excluding hydrogens is 226 g/mol. The van der Waals surface area contributed by atoms with Crippen LogP contribution in [0.2, 0.25) is 0 Å². The van der Waals surface area contributed by atoms with Crippen molar-refractivity contribution in [3.8, 4) is 0 Å². The Morgan fingerprint density at radius 3 is 2.72 bits per heavy atom. The van der Waals surface area contributed by atoms with Crippen molar-refractivity contribution in [2.75, 3.05) is 33.2 Å². The Hall–Kier alpha value is -0.840. The van der Waals surface area contributed by atoms with Gasteiger partial charge in [0.1, 0.15) is 0 Å². The van der Waals surface area contributed by atoms with Gasteiger partial charge in [-0.1, -0.05) is 6.92 Å². The summed E-state index contributed by atoms with van der Waals surface area (Å²) in [5.74, 6) is 0. The fraction of sp³-hybridized carbons (Fsp3) is 0.714. The maximum absolute atomic E-state index is 5.93. The van der Waals surface area contributed by atoms with E-state index in [0.717, 1.165) is 0 Å². The molecule has 0 radical (unpaired) electrons. The summed E-state index contributed by atoms with van der Waals surface area (Å²) in [7, 11) is 2.19. The van der Waals surface area contributed by atoms with E-state index in [1.807, 2.05) is 12.3 Å². The molecule has 4 heteroatoms. The summed E-state index contributed by atoms with van der Waals surface area (Å²) in [5.41, 5.74) is 7.12. The van der Waals surface area contributed by atoms with Crippen molar-refractivity contribution in [1.29, 1.82) is 0 Å². The van der Waals surface area contributed by atoms with Crippen LogP contribution in [0.3, 0.4) is 0 Å². The Bertz CT molecular complexity index is 331. The zero-order valence-electron chi connectivity index (χ0n) is 11.5. The minimum Gasteiger partial charge on any atom is -0.472 e. The first-order chi connectivity index (χ1) is 8.76. The molecule has 0 aliphatic carbocycles. The highest BCUT2D eigenvalue weighted by Crippen LogP contribution is 2.25. The number of furan rings is 1. The number of rotatable bonds is 5. The van der Waals surface area contributed by atoms with Crippen LogP contribution in [0.4, 0.5) is 0 Å². The molecule has 1 saturated heterocycles. The Morgan fingerprint density at radius 2 is 2.22 bits per heavy atom. The molecule has 1 aromatic heterocycles. The number of likely N-dealkylation sites (N-methyl/N-ethyl adjacent to an activating group) is 1. The van der Waals surface area contributed by atoms with Gasteiger partial charge in [0.15, 0.2) is 0 Å². The summed E-state index contributed by atoms with van der Waals surface area (Å²) in [6.07, 6.45) is 6.01. The lowest BCUT2D eigenvalue weighted by Gasteiger charge is -2.39. The number of nitrogens with two attached hydrogens (primary N) is 1. The smallest absolute Gasteiger partial charge is 0.0950 e. The van der Waals surface area contributed by atoms with E-state index in [1.54, 1.807) is 6.26 Å². The second kappa shape index (κ2) is 6.36. The Morgan fingerprint density at radius 1 is 1.50 bits per heavy atom. The van der Waals surface area contributed by atoms with E-state index in [4.69, 9.17) is 10.2 Å². The van der Waals surface area contributed by atoms with E-state index >= 15 is 0 Å². The summed E-state index contributed by atoms with van der Waals surface area (Å²) in [4.78, 5) is 4.94. The van der Waals surface area contributed by atoms with E-state index < -0.39 is 0 Å². The molecular formula is C14H25N3O. The molecule has 1 unspecified atom stereocenters. The van der Waals surface area contributed by atoms with Gasteiger partial charge in [0.05, 0.1) is 18.6 Å². The molecule has 18 heavy (non-hydrogen) atoms. The van der Waals surface area contributed by atoms with Crippen molar-refractivity contribution >= 4 is 0 Å². The number of hydrogen-bond donors (Lipinski definition) is 1. The van der Waals surface area contributed by atoms with E-state index in [-0.39, 0.29) is 6.04 Å². The van der Waals surface area contributed by atoms with Gasteiger partial charge in [-0.2, -0.15) is 0 Å². The third-order valence-electron chi connectivity index (χ3n) is 4.22. The lowest BCUT2D eigenvalue weighted by molar-refractivity contribution is 0.101. The molecule has 2 N–H and O–H groups in total. The molecule has 0 bridgehead atoms. The third-order valence-corrected chi connectivity index (χ3v) is 4.22. The lowest BCUT2D eigenvalue weighted by Crippen LogP contribution is -2.45. The molecule has 1 fully saturated rings. The second-order valence-electron chi connectivity index (χ2n) is 5.14. The van der Waals surface area contributed by atoms with Gasteiger partial charge in [-0.25, -0.2) is 0 Å². The standard InChI is InChI=1S/C14H25N3O/c1-3-17-7-4-13(5-8-17)16(2)14(10-15)12-6-9-18-11-12/h6,9,11,13-14H,3-5,7-8,10,15H2,1-2H3. The van der Waals surface area contributed by atoms with Crippen molar-refractivity contribution < 1.29 is 4.42 Å². The fourth-order valence-corrected chi connectivity index (χ4v) is 2.90. The SMILES string of the molecule is CCN1CCC(N(C)C(CN)c2ccoc2)CC1. The molecule has 0 spiro atoms. The molecule has 2 heterocycles. The first-order valence-electron chi connectivity index (χ1n) is 6.92. The zero-order valence-corrected chi connectivity index (χ0v) is 11.5. The van der Waals surface area contributed by atoms with Crippen LogP contribution in [0.25, 0.3) is 0 Å². The van der Waals surface area contributed by atoms with Crippen LogP contribution in [0.15, 0.2) is 23.0 Å². The lowest BCUT2D eigenvalue weighted by atomic mass is 10.00. The molecule has 1 aromatic rings. The maximum Gasteiger partial charge on any atom is 0.0950 e. The van der Waals surface area contributed by atoms with Gasteiger partial charge >= 0.3 is 0 Å². The highest BCUT2D eigenvalue weighted by Gasteiger charge is 2.27. The van der Waals surface area contributed by atoms with Gasteiger partial charge in [0, 0.05) is 18.2 Å². The van der Waals surface area contributed by atoms with E-state index in [9.17, 15) is 0 Å². The van der Waals surface area contributed by atoms with Crippen LogP contribution < -0.4 is 5.73 Å². The molecule has 0 amide bonds. The fourth-order valence-electron chi connectivity index (χ4n) is 2.90. The number of nitrogens with zero attached hydrogens (tertiary/aromatic N) is 2. The maximum atomic E-state index is 5.93. The first kappa shape index (κ1) is 13.6. The van der Waals surface area contributed by atoms with Crippen LogP contribution in [-0.2, 0) is 0 Å². The number of likely N-dealkylation sites (tertiary alicyclic amines) is 1. The van der Waals surface area contributed by atoms with E-state index in [2.05, 4.69) is 23.8 Å². The van der Waals surface area contributed by atoms with E-state index in [0.29, 0.717) is 12.6 Å². The van der Waals surface area contributed by atoms with E-state index in [1.165, 1.54) is 38.0 Å². The van der Waals surface area contributed by atoms with Gasteiger partial charge < -0.3 is 15.1 Å². The molecule has 0 saturated carbocycles. The summed E-state index contributed by atoms with van der Waals surface area (Å²) in [5, 5.41) is 0. The molecule has 1 atom stereocenters. The Balaban J connectivity index is 1.96. The predicted molar refractivity (Wildman–Crippen MR) is 73.4 cm³/mol. The third kappa shape index (κ3) is 2.94. The summed E-state index contributed by atoms with van der Waals surface area (Å²) < 4.78 is 5.18. The largest absolute Gasteiger partial charge is 0.472 e. The van der Waals surface area contributed by atoms with Crippen LogP contribution in [-0.4, -0.2) is 49.1 Å². The van der Waals surface area contributed by atoms with Crippen LogP contribution in [0.5, 0.6) is 0 Å². The van der Waals surface area contributed by atoms with Crippen LogP contribution in [0.1, 0.15) is 31.4 Å².